The molecule has 1 atom stereocenters. The van der Waals surface area contributed by atoms with Gasteiger partial charge >= 0.3 is 0 Å². The fourth-order valence-corrected chi connectivity index (χ4v) is 3.68. The number of amides is 1. The normalized spacial score (nSPS) is 22.4. The highest BCUT2D eigenvalue weighted by molar-refractivity contribution is 6.39. The predicted molar refractivity (Wildman–Crippen MR) is 97.5 cm³/mol. The van der Waals surface area contributed by atoms with Gasteiger partial charge < -0.3 is 14.6 Å². The maximum absolute atomic E-state index is 12.3. The van der Waals surface area contributed by atoms with Crippen LogP contribution in [0.15, 0.2) is 52.2 Å². The molecule has 0 aliphatic carbocycles. The van der Waals surface area contributed by atoms with Crippen molar-refractivity contribution >= 4 is 11.6 Å². The van der Waals surface area contributed by atoms with Crippen molar-refractivity contribution in [1.82, 2.24) is 10.2 Å². The van der Waals surface area contributed by atoms with Crippen LogP contribution < -0.4 is 5.32 Å². The van der Waals surface area contributed by atoms with Gasteiger partial charge in [0.2, 0.25) is 0 Å². The summed E-state index contributed by atoms with van der Waals surface area (Å²) < 4.78 is 5.23. The molecule has 0 bridgehead atoms. The van der Waals surface area contributed by atoms with Crippen LogP contribution in [0.25, 0.3) is 0 Å². The molecule has 2 aliphatic rings. The Labute approximate surface area is 152 Å². The summed E-state index contributed by atoms with van der Waals surface area (Å²) in [5.74, 6) is 0.535. The number of hydrogen-bond acceptors (Lipinski definition) is 5. The molecule has 1 amide bonds. The van der Waals surface area contributed by atoms with E-state index in [1.807, 2.05) is 6.07 Å². The minimum Gasteiger partial charge on any atom is -0.467 e. The van der Waals surface area contributed by atoms with Gasteiger partial charge in [-0.2, -0.15) is 0 Å². The monoisotopic (exact) mass is 353 g/mol. The average Bonchev–Trinajstić information content (AvgIpc) is 3.36. The molecule has 1 saturated heterocycles. The van der Waals surface area contributed by atoms with E-state index in [1.165, 1.54) is 11.1 Å². The fourth-order valence-electron chi connectivity index (χ4n) is 3.68. The zero-order chi connectivity index (χ0) is 18.0. The quantitative estimate of drug-likeness (QED) is 0.897. The maximum atomic E-state index is 12.3. The Morgan fingerprint density at radius 1 is 1.35 bits per heavy atom. The van der Waals surface area contributed by atoms with Crippen molar-refractivity contribution in [2.45, 2.75) is 38.5 Å². The van der Waals surface area contributed by atoms with Gasteiger partial charge in [0.15, 0.2) is 5.60 Å². The van der Waals surface area contributed by atoms with Crippen LogP contribution in [0.1, 0.15) is 29.7 Å². The van der Waals surface area contributed by atoms with Gasteiger partial charge in [-0.25, -0.2) is 0 Å². The smallest absolute Gasteiger partial charge is 0.269 e. The van der Waals surface area contributed by atoms with E-state index in [4.69, 9.17) is 9.25 Å². The minimum atomic E-state index is -0.360. The SMILES string of the molecule is Cc1cccc(CN2CC[C@]3(CC(C(=O)NCc4ccco4)=NO3)C2)c1. The van der Waals surface area contributed by atoms with Gasteiger partial charge in [-0.3, -0.25) is 9.69 Å². The number of benzene rings is 1. The molecule has 0 radical (unpaired) electrons. The zero-order valence-corrected chi connectivity index (χ0v) is 14.9. The van der Waals surface area contributed by atoms with Gasteiger partial charge in [-0.1, -0.05) is 35.0 Å². The van der Waals surface area contributed by atoms with Crippen LogP contribution in [0.5, 0.6) is 0 Å². The Hall–Kier alpha value is -2.60. The zero-order valence-electron chi connectivity index (χ0n) is 14.9. The van der Waals surface area contributed by atoms with Crippen LogP contribution in [0.3, 0.4) is 0 Å². The molecular weight excluding hydrogens is 330 g/mol. The van der Waals surface area contributed by atoms with Crippen LogP contribution in [-0.2, 0) is 22.7 Å². The van der Waals surface area contributed by atoms with Gasteiger partial charge in [0, 0.05) is 32.5 Å². The Balaban J connectivity index is 1.30. The van der Waals surface area contributed by atoms with E-state index in [-0.39, 0.29) is 11.5 Å². The van der Waals surface area contributed by atoms with E-state index in [0.29, 0.717) is 18.7 Å². The lowest BCUT2D eigenvalue weighted by molar-refractivity contribution is -0.115. The first-order valence-corrected chi connectivity index (χ1v) is 8.95. The van der Waals surface area contributed by atoms with E-state index < -0.39 is 0 Å². The van der Waals surface area contributed by atoms with Crippen molar-refractivity contribution in [3.05, 3.63) is 59.5 Å². The number of carbonyl (C=O) groups is 1. The Bertz CT molecular complexity index is 815. The van der Waals surface area contributed by atoms with Crippen LogP contribution >= 0.6 is 0 Å². The molecule has 1 aromatic carbocycles. The Kier molecular flexibility index (Phi) is 4.51. The summed E-state index contributed by atoms with van der Waals surface area (Å²) in [7, 11) is 0. The highest BCUT2D eigenvalue weighted by atomic mass is 16.7. The number of nitrogens with one attached hydrogen (secondary N) is 1. The van der Waals surface area contributed by atoms with Gasteiger partial charge in [0.25, 0.3) is 5.91 Å². The highest BCUT2D eigenvalue weighted by Crippen LogP contribution is 2.34. The summed E-state index contributed by atoms with van der Waals surface area (Å²) >= 11 is 0. The number of oxime groups is 1. The van der Waals surface area contributed by atoms with Crippen molar-refractivity contribution in [3.8, 4) is 0 Å². The maximum Gasteiger partial charge on any atom is 0.269 e. The minimum absolute atomic E-state index is 0.185. The van der Waals surface area contributed by atoms with Crippen LogP contribution in [-0.4, -0.2) is 35.2 Å². The first-order valence-electron chi connectivity index (χ1n) is 8.95. The van der Waals surface area contributed by atoms with Crippen molar-refractivity contribution in [2.24, 2.45) is 5.16 Å². The molecule has 1 aromatic heterocycles. The van der Waals surface area contributed by atoms with Crippen molar-refractivity contribution in [3.63, 3.8) is 0 Å². The molecule has 3 heterocycles. The summed E-state index contributed by atoms with van der Waals surface area (Å²) in [6, 6.07) is 12.2. The average molecular weight is 353 g/mol. The lowest BCUT2D eigenvalue weighted by Gasteiger charge is -2.21. The number of hydrogen-bond donors (Lipinski definition) is 1. The molecular formula is C20H23N3O3. The van der Waals surface area contributed by atoms with Crippen molar-refractivity contribution in [1.29, 1.82) is 0 Å². The summed E-state index contributed by atoms with van der Waals surface area (Å²) in [4.78, 5) is 20.4. The van der Waals surface area contributed by atoms with Crippen LogP contribution in [0, 0.1) is 6.92 Å². The second-order valence-corrected chi connectivity index (χ2v) is 7.20. The van der Waals surface area contributed by atoms with E-state index in [9.17, 15) is 4.79 Å². The molecule has 4 rings (SSSR count). The molecule has 0 saturated carbocycles. The third-order valence-electron chi connectivity index (χ3n) is 4.99. The molecule has 0 unspecified atom stereocenters. The number of likely N-dealkylation sites (tertiary alicyclic amines) is 1. The highest BCUT2D eigenvalue weighted by Gasteiger charge is 2.46. The Morgan fingerprint density at radius 3 is 3.08 bits per heavy atom. The number of carbonyl (C=O) groups excluding carboxylic acids is 1. The van der Waals surface area contributed by atoms with E-state index in [1.54, 1.807) is 12.3 Å². The molecule has 2 aromatic rings. The van der Waals surface area contributed by atoms with E-state index in [0.717, 1.165) is 31.8 Å². The standard InChI is InChI=1S/C20H23N3O3/c1-15-4-2-5-16(10-15)13-23-8-7-20(14-23)11-18(22-26-20)19(24)21-12-17-6-3-9-25-17/h2-6,9-10H,7-8,11-14H2,1H3,(H,21,24)/t20-/m0/s1. The lowest BCUT2D eigenvalue weighted by Crippen LogP contribution is -2.36. The third-order valence-corrected chi connectivity index (χ3v) is 4.99. The van der Waals surface area contributed by atoms with Gasteiger partial charge in [-0.15, -0.1) is 0 Å². The molecule has 1 N–H and O–H groups in total. The van der Waals surface area contributed by atoms with Crippen molar-refractivity contribution < 1.29 is 14.0 Å². The second kappa shape index (κ2) is 6.96. The largest absolute Gasteiger partial charge is 0.467 e. The number of furan rings is 1. The van der Waals surface area contributed by atoms with Crippen LogP contribution in [0.4, 0.5) is 0 Å². The molecule has 6 heteroatoms. The first-order chi connectivity index (χ1) is 12.6. The summed E-state index contributed by atoms with van der Waals surface area (Å²) in [5, 5.41) is 6.91. The summed E-state index contributed by atoms with van der Waals surface area (Å²) in [6.45, 7) is 5.10. The number of aryl methyl sites for hydroxylation is 1. The third kappa shape index (κ3) is 3.65. The van der Waals surface area contributed by atoms with E-state index in [2.05, 4.69) is 46.6 Å². The molecule has 1 spiro atoms. The van der Waals surface area contributed by atoms with E-state index >= 15 is 0 Å². The van der Waals surface area contributed by atoms with Crippen LogP contribution in [0.2, 0.25) is 0 Å². The summed E-state index contributed by atoms with van der Waals surface area (Å²) in [5.41, 5.74) is 2.68. The lowest BCUT2D eigenvalue weighted by atomic mass is 9.96. The Morgan fingerprint density at radius 2 is 2.27 bits per heavy atom. The topological polar surface area (TPSA) is 67.1 Å². The molecule has 2 aliphatic heterocycles. The molecule has 1 fully saturated rings. The summed E-state index contributed by atoms with van der Waals surface area (Å²) in [6.07, 6.45) is 3.03. The van der Waals surface area contributed by atoms with Gasteiger partial charge in [0.1, 0.15) is 11.5 Å². The number of rotatable bonds is 5. The molecule has 6 nitrogen and oxygen atoms in total. The van der Waals surface area contributed by atoms with Gasteiger partial charge in [-0.05, 0) is 24.6 Å². The molecule has 136 valence electrons. The first kappa shape index (κ1) is 16.8. The molecule has 26 heavy (non-hydrogen) atoms. The second-order valence-electron chi connectivity index (χ2n) is 7.20. The fraction of sp³-hybridized carbons (Fsp3) is 0.400. The number of nitrogens with zero attached hydrogens (tertiary/aromatic N) is 2. The van der Waals surface area contributed by atoms with Gasteiger partial charge in [0.05, 0.1) is 12.8 Å². The van der Waals surface area contributed by atoms with Crippen molar-refractivity contribution in [2.75, 3.05) is 13.1 Å². The predicted octanol–water partition coefficient (Wildman–Crippen LogP) is 2.63.